The number of nitrogen functional groups attached to an aromatic ring is 2. The van der Waals surface area contributed by atoms with E-state index in [-0.39, 0.29) is 13.0 Å². The van der Waals surface area contributed by atoms with Crippen molar-refractivity contribution >= 4 is 29.1 Å². The Kier molecular flexibility index (Phi) is 28.2. The van der Waals surface area contributed by atoms with Gasteiger partial charge in [0.1, 0.15) is 5.60 Å². The summed E-state index contributed by atoms with van der Waals surface area (Å²) in [7, 11) is 0. The Bertz CT molecular complexity index is 942. The highest BCUT2D eigenvalue weighted by Gasteiger charge is 2.15. The fraction of sp³-hybridized carbons (Fsp3) is 0.355. The molecular formula is C31H51N3O4. The van der Waals surface area contributed by atoms with E-state index in [1.807, 2.05) is 123 Å². The molecule has 6 N–H and O–H groups in total. The average Bonchev–Trinajstić information content (AvgIpc) is 2.88. The van der Waals surface area contributed by atoms with Crippen LogP contribution in [0.4, 0.5) is 21.9 Å². The first-order valence-corrected chi connectivity index (χ1v) is 12.5. The molecule has 0 fully saturated rings. The van der Waals surface area contributed by atoms with Crippen molar-refractivity contribution in [2.75, 3.05) is 16.8 Å². The van der Waals surface area contributed by atoms with Crippen LogP contribution in [0.25, 0.3) is 0 Å². The number of carbonyl (C=O) groups is 2. The van der Waals surface area contributed by atoms with Gasteiger partial charge in [0, 0.05) is 17.1 Å². The minimum atomic E-state index is -0.988. The summed E-state index contributed by atoms with van der Waals surface area (Å²) in [4.78, 5) is 21.6. The third-order valence-electron chi connectivity index (χ3n) is 3.41. The quantitative estimate of drug-likeness (QED) is 0.245. The van der Waals surface area contributed by atoms with E-state index < -0.39 is 17.7 Å². The second kappa shape index (κ2) is 26.1. The molecule has 214 valence electrons. The summed E-state index contributed by atoms with van der Waals surface area (Å²) in [6.07, 6.45) is -0.427. The summed E-state index contributed by atoms with van der Waals surface area (Å²) in [5.41, 5.74) is 12.3. The molecule has 7 heteroatoms. The number of para-hydroxylation sites is 3. The lowest BCUT2D eigenvalue weighted by atomic mass is 10.2. The molecule has 0 saturated heterocycles. The number of carboxylic acid groups (broad SMARTS) is 1. The van der Waals surface area contributed by atoms with E-state index in [0.717, 1.165) is 11.4 Å². The zero-order valence-corrected chi connectivity index (χ0v) is 23.9. The van der Waals surface area contributed by atoms with Crippen molar-refractivity contribution in [3.63, 3.8) is 0 Å². The number of amides is 1. The van der Waals surface area contributed by atoms with E-state index in [1.165, 1.54) is 6.07 Å². The smallest absolute Gasteiger partial charge is 0.412 e. The van der Waals surface area contributed by atoms with Crippen molar-refractivity contribution in [3.05, 3.63) is 90.5 Å². The van der Waals surface area contributed by atoms with Crippen molar-refractivity contribution in [1.82, 2.24) is 0 Å². The van der Waals surface area contributed by atoms with Crippen LogP contribution in [0.3, 0.4) is 0 Å². The van der Waals surface area contributed by atoms with Gasteiger partial charge >= 0.3 is 12.1 Å². The third-order valence-corrected chi connectivity index (χ3v) is 3.41. The molecule has 0 aliphatic rings. The summed E-state index contributed by atoms with van der Waals surface area (Å²) in [5.74, 6) is -0.988. The van der Waals surface area contributed by atoms with E-state index in [1.54, 1.807) is 18.2 Å². The molecule has 0 saturated carbocycles. The molecule has 1 amide bonds. The SMILES string of the molecule is C.CC.CC.CC.CC(C)(C)OC(=O)Nc1ccccc1.Nc1ccccc1.Nc1ccccc1C(=O)O. The maximum atomic E-state index is 11.3. The maximum Gasteiger partial charge on any atom is 0.412 e. The van der Waals surface area contributed by atoms with Gasteiger partial charge in [0.25, 0.3) is 0 Å². The van der Waals surface area contributed by atoms with Crippen LogP contribution in [-0.2, 0) is 4.74 Å². The van der Waals surface area contributed by atoms with E-state index in [0.29, 0.717) is 5.69 Å². The molecule has 3 rings (SSSR count). The topological polar surface area (TPSA) is 128 Å². The molecule has 0 heterocycles. The van der Waals surface area contributed by atoms with E-state index in [9.17, 15) is 9.59 Å². The number of nitrogens with two attached hydrogens (primary N) is 2. The number of carboxylic acids is 1. The zero-order valence-electron chi connectivity index (χ0n) is 23.9. The van der Waals surface area contributed by atoms with Crippen LogP contribution in [0.2, 0.25) is 0 Å². The van der Waals surface area contributed by atoms with E-state index >= 15 is 0 Å². The fourth-order valence-electron chi connectivity index (χ4n) is 2.09. The van der Waals surface area contributed by atoms with Gasteiger partial charge in [-0.05, 0) is 57.2 Å². The van der Waals surface area contributed by atoms with Crippen molar-refractivity contribution in [2.24, 2.45) is 0 Å². The first-order valence-electron chi connectivity index (χ1n) is 12.5. The Labute approximate surface area is 231 Å². The average molecular weight is 530 g/mol. The minimum absolute atomic E-state index is 0. The van der Waals surface area contributed by atoms with Crippen molar-refractivity contribution in [2.45, 2.75) is 75.3 Å². The largest absolute Gasteiger partial charge is 0.478 e. The standard InChI is InChI=1S/C11H15NO2.C7H7NO2.C6H7N.3C2H6.CH4/c1-11(2,3)14-10(13)12-9-7-5-4-6-8-9;8-6-4-2-1-3-5(6)7(9)10;7-6-4-2-1-3-5-6;3*1-2;/h4-8H,1-3H3,(H,12,13);1-4H,8H2,(H,9,10);1-5H,7H2;3*1-2H3;1H4. The number of hydrogen-bond acceptors (Lipinski definition) is 5. The summed E-state index contributed by atoms with van der Waals surface area (Å²) in [6, 6.07) is 25.1. The Balaban J connectivity index is -0.000000212. The Morgan fingerprint density at radius 1 is 0.711 bits per heavy atom. The molecule has 0 unspecified atom stereocenters. The lowest BCUT2D eigenvalue weighted by Gasteiger charge is -2.19. The molecule has 3 aromatic carbocycles. The summed E-state index contributed by atoms with van der Waals surface area (Å²) >= 11 is 0. The van der Waals surface area contributed by atoms with Crippen LogP contribution in [0.15, 0.2) is 84.9 Å². The van der Waals surface area contributed by atoms with Crippen molar-refractivity contribution < 1.29 is 19.4 Å². The predicted molar refractivity (Wildman–Crippen MR) is 166 cm³/mol. The molecule has 0 spiro atoms. The molecule has 0 aromatic heterocycles. The molecule has 0 bridgehead atoms. The van der Waals surface area contributed by atoms with Gasteiger partial charge in [0.15, 0.2) is 0 Å². The van der Waals surface area contributed by atoms with Gasteiger partial charge < -0.3 is 21.3 Å². The normalized spacial score (nSPS) is 8.45. The number of anilines is 3. The molecule has 7 nitrogen and oxygen atoms in total. The Morgan fingerprint density at radius 3 is 1.42 bits per heavy atom. The van der Waals surface area contributed by atoms with E-state index in [4.69, 9.17) is 21.3 Å². The highest BCUT2D eigenvalue weighted by molar-refractivity contribution is 5.93. The molecular weight excluding hydrogens is 478 g/mol. The van der Waals surface area contributed by atoms with Gasteiger partial charge in [-0.25, -0.2) is 9.59 Å². The highest BCUT2D eigenvalue weighted by Crippen LogP contribution is 2.11. The number of nitrogens with one attached hydrogen (secondary N) is 1. The third kappa shape index (κ3) is 23.7. The Hall–Kier alpha value is -4.00. The number of carbonyl (C=O) groups excluding carboxylic acids is 1. The number of aromatic carboxylic acids is 1. The highest BCUT2D eigenvalue weighted by atomic mass is 16.6. The lowest BCUT2D eigenvalue weighted by Crippen LogP contribution is -2.27. The van der Waals surface area contributed by atoms with Gasteiger partial charge in [0.2, 0.25) is 0 Å². The zero-order chi connectivity index (χ0) is 29.3. The maximum absolute atomic E-state index is 11.3. The molecule has 0 radical (unpaired) electrons. The van der Waals surface area contributed by atoms with Crippen molar-refractivity contribution in [3.8, 4) is 0 Å². The first kappa shape index (κ1) is 41.1. The van der Waals surface area contributed by atoms with Crippen LogP contribution in [0, 0.1) is 0 Å². The van der Waals surface area contributed by atoms with Crippen LogP contribution in [-0.4, -0.2) is 22.8 Å². The molecule has 0 aliphatic carbocycles. The molecule has 3 aromatic rings. The number of rotatable bonds is 2. The lowest BCUT2D eigenvalue weighted by molar-refractivity contribution is 0.0634. The predicted octanol–water partition coefficient (Wildman–Crippen LogP) is 8.98. The van der Waals surface area contributed by atoms with Crippen LogP contribution in [0.1, 0.15) is 80.1 Å². The van der Waals surface area contributed by atoms with Gasteiger partial charge in [0.05, 0.1) is 5.56 Å². The van der Waals surface area contributed by atoms with Gasteiger partial charge in [-0.3, -0.25) is 5.32 Å². The van der Waals surface area contributed by atoms with E-state index in [2.05, 4.69) is 5.32 Å². The summed E-state index contributed by atoms with van der Waals surface area (Å²) < 4.78 is 5.09. The van der Waals surface area contributed by atoms with Crippen LogP contribution < -0.4 is 16.8 Å². The van der Waals surface area contributed by atoms with Gasteiger partial charge in [-0.1, -0.05) is 97.5 Å². The molecule has 0 atom stereocenters. The van der Waals surface area contributed by atoms with Gasteiger partial charge in [-0.2, -0.15) is 0 Å². The number of benzene rings is 3. The Morgan fingerprint density at radius 2 is 1.11 bits per heavy atom. The first-order chi connectivity index (χ1) is 17.6. The second-order valence-corrected chi connectivity index (χ2v) is 7.30. The summed E-state index contributed by atoms with van der Waals surface area (Å²) in [6.45, 7) is 17.5. The molecule has 0 aliphatic heterocycles. The molecule has 38 heavy (non-hydrogen) atoms. The van der Waals surface area contributed by atoms with Gasteiger partial charge in [-0.15, -0.1) is 0 Å². The minimum Gasteiger partial charge on any atom is -0.478 e. The van der Waals surface area contributed by atoms with Crippen molar-refractivity contribution in [1.29, 1.82) is 0 Å². The van der Waals surface area contributed by atoms with Crippen LogP contribution >= 0.6 is 0 Å². The monoisotopic (exact) mass is 529 g/mol. The second-order valence-electron chi connectivity index (χ2n) is 7.30. The number of ether oxygens (including phenoxy) is 1. The van der Waals surface area contributed by atoms with Crippen LogP contribution in [0.5, 0.6) is 0 Å². The fourth-order valence-corrected chi connectivity index (χ4v) is 2.09. The number of hydrogen-bond donors (Lipinski definition) is 4. The summed E-state index contributed by atoms with van der Waals surface area (Å²) in [5, 5.41) is 11.1.